The van der Waals surface area contributed by atoms with Gasteiger partial charge in [0.1, 0.15) is 0 Å². The van der Waals surface area contributed by atoms with Crippen LogP contribution >= 0.6 is 0 Å². The van der Waals surface area contributed by atoms with Crippen LogP contribution in [0.15, 0.2) is 42.7 Å². The van der Waals surface area contributed by atoms with E-state index in [9.17, 15) is 5.11 Å². The van der Waals surface area contributed by atoms with Gasteiger partial charge in [0, 0.05) is 11.8 Å². The number of rotatable bonds is 4. The van der Waals surface area contributed by atoms with E-state index in [-0.39, 0.29) is 6.61 Å². The summed E-state index contributed by atoms with van der Waals surface area (Å²) >= 11 is 0. The monoisotopic (exact) mass is 233 g/mol. The van der Waals surface area contributed by atoms with Crippen LogP contribution in [-0.2, 0) is 0 Å². The molecule has 2 rings (SSSR count). The maximum Gasteiger partial charge on any atom is 0.0993 e. The lowest BCUT2D eigenvalue weighted by atomic mass is 10.1. The number of aliphatic hydroxyl groups is 2. The number of nitrogens with zero attached hydrogens (tertiary/aromatic N) is 2. The quantitative estimate of drug-likeness (QED) is 0.705. The third kappa shape index (κ3) is 2.52. The molecule has 0 amide bonds. The Morgan fingerprint density at radius 3 is 2.65 bits per heavy atom. The van der Waals surface area contributed by atoms with E-state index in [0.29, 0.717) is 5.56 Å². The summed E-state index contributed by atoms with van der Waals surface area (Å²) in [6.07, 6.45) is 2.35. The van der Waals surface area contributed by atoms with Crippen LogP contribution in [0.5, 0.6) is 0 Å². The molecule has 0 fully saturated rings. The van der Waals surface area contributed by atoms with Crippen molar-refractivity contribution < 1.29 is 10.2 Å². The second-order valence-electron chi connectivity index (χ2n) is 3.85. The van der Waals surface area contributed by atoms with E-state index in [1.54, 1.807) is 17.1 Å². The molecule has 0 saturated heterocycles. The van der Waals surface area contributed by atoms with Crippen molar-refractivity contribution in [1.29, 1.82) is 0 Å². The van der Waals surface area contributed by atoms with Crippen LogP contribution in [0, 0.1) is 0 Å². The van der Waals surface area contributed by atoms with Gasteiger partial charge in [0.05, 0.1) is 30.6 Å². The highest BCUT2D eigenvalue weighted by atomic mass is 16.3. The van der Waals surface area contributed by atoms with Gasteiger partial charge < -0.3 is 15.9 Å². The van der Waals surface area contributed by atoms with E-state index in [2.05, 4.69) is 5.10 Å². The Bertz CT molecular complexity index is 470. The molecule has 5 nitrogen and oxygen atoms in total. The molecule has 0 saturated carbocycles. The van der Waals surface area contributed by atoms with Gasteiger partial charge in [0.2, 0.25) is 0 Å². The molecule has 2 aromatic rings. The summed E-state index contributed by atoms with van der Waals surface area (Å²) in [5, 5.41) is 22.8. The molecule has 0 aliphatic rings. The summed E-state index contributed by atoms with van der Waals surface area (Å²) < 4.78 is 1.66. The van der Waals surface area contributed by atoms with Gasteiger partial charge in [0.15, 0.2) is 0 Å². The first kappa shape index (κ1) is 11.8. The topological polar surface area (TPSA) is 84.3 Å². The molecule has 4 N–H and O–H groups in total. The molecular weight excluding hydrogens is 218 g/mol. The maximum absolute atomic E-state index is 9.81. The molecular formula is C12H15N3O2. The number of aliphatic hydroxyl groups excluding tert-OH is 2. The first-order chi connectivity index (χ1) is 8.22. The molecule has 0 bridgehead atoms. The van der Waals surface area contributed by atoms with Gasteiger partial charge in [-0.1, -0.05) is 18.2 Å². The summed E-state index contributed by atoms with van der Waals surface area (Å²) in [4.78, 5) is 0. The Balaban J connectivity index is 2.22. The van der Waals surface area contributed by atoms with E-state index in [4.69, 9.17) is 10.8 Å². The summed E-state index contributed by atoms with van der Waals surface area (Å²) in [5.74, 6) is 0. The average Bonchev–Trinajstić information content (AvgIpc) is 2.87. The molecule has 0 spiro atoms. The maximum atomic E-state index is 9.81. The Morgan fingerprint density at radius 2 is 2.00 bits per heavy atom. The van der Waals surface area contributed by atoms with Crippen molar-refractivity contribution in [3.8, 4) is 5.69 Å². The molecule has 0 aliphatic carbocycles. The Kier molecular flexibility index (Phi) is 3.53. The lowest BCUT2D eigenvalue weighted by Crippen LogP contribution is -2.31. The van der Waals surface area contributed by atoms with Crippen LogP contribution in [0.25, 0.3) is 5.69 Å². The van der Waals surface area contributed by atoms with Gasteiger partial charge in [-0.05, 0) is 12.1 Å². The molecule has 17 heavy (non-hydrogen) atoms. The van der Waals surface area contributed by atoms with Crippen molar-refractivity contribution in [2.45, 2.75) is 12.1 Å². The summed E-state index contributed by atoms with van der Waals surface area (Å²) in [7, 11) is 0. The van der Waals surface area contributed by atoms with Gasteiger partial charge >= 0.3 is 0 Å². The molecule has 2 atom stereocenters. The zero-order valence-corrected chi connectivity index (χ0v) is 9.27. The van der Waals surface area contributed by atoms with Gasteiger partial charge in [-0.15, -0.1) is 0 Å². The van der Waals surface area contributed by atoms with Crippen molar-refractivity contribution in [2.75, 3.05) is 6.61 Å². The Hall–Kier alpha value is -1.69. The largest absolute Gasteiger partial charge is 0.395 e. The summed E-state index contributed by atoms with van der Waals surface area (Å²) in [5.41, 5.74) is 7.06. The molecule has 90 valence electrons. The zero-order valence-electron chi connectivity index (χ0n) is 9.27. The molecule has 2 unspecified atom stereocenters. The van der Waals surface area contributed by atoms with Gasteiger partial charge in [0.25, 0.3) is 0 Å². The standard InChI is InChI=1S/C12H15N3O2/c13-11(8-16)12(17)9-6-14-15(7-9)10-4-2-1-3-5-10/h1-7,11-12,16-17H,8,13H2. The lowest BCUT2D eigenvalue weighted by molar-refractivity contribution is 0.109. The fourth-order valence-corrected chi connectivity index (χ4v) is 1.56. The minimum absolute atomic E-state index is 0.266. The van der Waals surface area contributed by atoms with E-state index in [1.807, 2.05) is 30.3 Å². The molecule has 0 aliphatic heterocycles. The fourth-order valence-electron chi connectivity index (χ4n) is 1.56. The lowest BCUT2D eigenvalue weighted by Gasteiger charge is -2.14. The Morgan fingerprint density at radius 1 is 1.29 bits per heavy atom. The summed E-state index contributed by atoms with van der Waals surface area (Å²) in [6.45, 7) is -0.266. The Labute approximate surface area is 99.1 Å². The predicted octanol–water partition coefficient (Wildman–Crippen LogP) is 0.225. The minimum Gasteiger partial charge on any atom is -0.395 e. The molecule has 1 aromatic heterocycles. The van der Waals surface area contributed by atoms with Crippen LogP contribution in [0.3, 0.4) is 0 Å². The SMILES string of the molecule is NC(CO)C(O)c1cnn(-c2ccccc2)c1. The molecule has 1 aromatic carbocycles. The summed E-state index contributed by atoms with van der Waals surface area (Å²) in [6, 6.07) is 8.87. The number of benzene rings is 1. The first-order valence-electron chi connectivity index (χ1n) is 5.37. The average molecular weight is 233 g/mol. The predicted molar refractivity (Wildman–Crippen MR) is 63.6 cm³/mol. The van der Waals surface area contributed by atoms with E-state index < -0.39 is 12.1 Å². The highest BCUT2D eigenvalue weighted by Gasteiger charge is 2.17. The van der Waals surface area contributed by atoms with Crippen molar-refractivity contribution in [2.24, 2.45) is 5.73 Å². The number of hydrogen-bond donors (Lipinski definition) is 3. The normalized spacial score (nSPS) is 14.5. The third-order valence-corrected chi connectivity index (χ3v) is 2.58. The van der Waals surface area contributed by atoms with Gasteiger partial charge in [-0.3, -0.25) is 0 Å². The number of para-hydroxylation sites is 1. The van der Waals surface area contributed by atoms with Crippen molar-refractivity contribution in [1.82, 2.24) is 9.78 Å². The van der Waals surface area contributed by atoms with Crippen LogP contribution in [0.1, 0.15) is 11.7 Å². The number of hydrogen-bond acceptors (Lipinski definition) is 4. The van der Waals surface area contributed by atoms with Crippen molar-refractivity contribution >= 4 is 0 Å². The second-order valence-corrected chi connectivity index (χ2v) is 3.85. The highest BCUT2D eigenvalue weighted by molar-refractivity contribution is 5.31. The third-order valence-electron chi connectivity index (χ3n) is 2.58. The van der Waals surface area contributed by atoms with E-state index >= 15 is 0 Å². The molecule has 0 radical (unpaired) electrons. The van der Waals surface area contributed by atoms with Crippen molar-refractivity contribution in [3.63, 3.8) is 0 Å². The molecule has 1 heterocycles. The van der Waals surface area contributed by atoms with E-state index in [0.717, 1.165) is 5.69 Å². The van der Waals surface area contributed by atoms with Crippen LogP contribution in [0.2, 0.25) is 0 Å². The van der Waals surface area contributed by atoms with Crippen molar-refractivity contribution in [3.05, 3.63) is 48.3 Å². The van der Waals surface area contributed by atoms with Gasteiger partial charge in [-0.2, -0.15) is 5.10 Å². The van der Waals surface area contributed by atoms with Crippen LogP contribution < -0.4 is 5.73 Å². The fraction of sp³-hybridized carbons (Fsp3) is 0.250. The first-order valence-corrected chi connectivity index (χ1v) is 5.37. The number of aromatic nitrogens is 2. The number of nitrogens with two attached hydrogens (primary N) is 1. The zero-order chi connectivity index (χ0) is 12.3. The highest BCUT2D eigenvalue weighted by Crippen LogP contribution is 2.16. The molecule has 5 heteroatoms. The van der Waals surface area contributed by atoms with E-state index in [1.165, 1.54) is 0 Å². The smallest absolute Gasteiger partial charge is 0.0993 e. The minimum atomic E-state index is -0.905. The van der Waals surface area contributed by atoms with Gasteiger partial charge in [-0.25, -0.2) is 4.68 Å². The van der Waals surface area contributed by atoms with Crippen LogP contribution in [0.4, 0.5) is 0 Å². The van der Waals surface area contributed by atoms with Crippen LogP contribution in [-0.4, -0.2) is 32.6 Å². The second kappa shape index (κ2) is 5.09.